The van der Waals surface area contributed by atoms with E-state index in [1.807, 2.05) is 6.92 Å². The van der Waals surface area contributed by atoms with Gasteiger partial charge in [0.1, 0.15) is 5.82 Å². The van der Waals surface area contributed by atoms with Gasteiger partial charge in [0.25, 0.3) is 0 Å². The number of hydrogen-bond acceptors (Lipinski definition) is 5. The summed E-state index contributed by atoms with van der Waals surface area (Å²) in [5.74, 6) is -0.115. The number of hydrogen-bond donors (Lipinski definition) is 1. The summed E-state index contributed by atoms with van der Waals surface area (Å²) in [6, 6.07) is 12.3. The number of nitrogens with zero attached hydrogens (tertiary/aromatic N) is 1. The molecule has 1 aliphatic rings. The van der Waals surface area contributed by atoms with E-state index in [-0.39, 0.29) is 33.6 Å². The van der Waals surface area contributed by atoms with Crippen LogP contribution in [-0.2, 0) is 9.84 Å². The van der Waals surface area contributed by atoms with Gasteiger partial charge in [0.05, 0.1) is 4.90 Å². The summed E-state index contributed by atoms with van der Waals surface area (Å²) >= 11 is 0. The molecular formula is C19H17FN2O3S. The number of rotatable bonds is 5. The average Bonchev–Trinajstić information content (AvgIpc) is 3.32. The van der Waals surface area contributed by atoms with Gasteiger partial charge in [0.2, 0.25) is 26.6 Å². The average molecular weight is 372 g/mol. The van der Waals surface area contributed by atoms with E-state index >= 15 is 0 Å². The molecule has 1 aliphatic carbocycles. The number of aromatic nitrogens is 1. The van der Waals surface area contributed by atoms with Gasteiger partial charge in [-0.25, -0.2) is 12.8 Å². The van der Waals surface area contributed by atoms with E-state index < -0.39 is 9.84 Å². The first-order valence-electron chi connectivity index (χ1n) is 8.28. The first-order valence-corrected chi connectivity index (χ1v) is 9.77. The van der Waals surface area contributed by atoms with Crippen molar-refractivity contribution in [1.82, 2.24) is 4.98 Å². The lowest BCUT2D eigenvalue weighted by atomic mass is 10.2. The fourth-order valence-corrected chi connectivity index (χ4v) is 3.80. The Kier molecular flexibility index (Phi) is 4.03. The van der Waals surface area contributed by atoms with Crippen LogP contribution >= 0.6 is 0 Å². The molecule has 0 unspecified atom stereocenters. The number of aryl methyl sites for hydroxylation is 1. The monoisotopic (exact) mass is 372 g/mol. The van der Waals surface area contributed by atoms with Gasteiger partial charge in [-0.05, 0) is 56.2 Å². The standard InChI is InChI=1S/C19H17FN2O3S/c1-12-2-10-16(11-3-12)26(23,24)19-18(21-15-8-9-15)25-17(22-19)13-4-6-14(20)7-5-13/h2-7,10-11,15,21H,8-9H2,1H3. The maximum absolute atomic E-state index is 13.2. The summed E-state index contributed by atoms with van der Waals surface area (Å²) < 4.78 is 44.9. The van der Waals surface area contributed by atoms with E-state index in [0.29, 0.717) is 5.56 Å². The Morgan fingerprint density at radius 1 is 1.08 bits per heavy atom. The SMILES string of the molecule is Cc1ccc(S(=O)(=O)c2nc(-c3ccc(F)cc3)oc2NC2CC2)cc1. The summed E-state index contributed by atoms with van der Waals surface area (Å²) in [6.07, 6.45) is 1.91. The molecule has 0 atom stereocenters. The van der Waals surface area contributed by atoms with Crippen LogP contribution in [0.1, 0.15) is 18.4 Å². The molecular weight excluding hydrogens is 355 g/mol. The van der Waals surface area contributed by atoms with Crippen molar-refractivity contribution in [3.8, 4) is 11.5 Å². The molecule has 134 valence electrons. The first kappa shape index (κ1) is 16.8. The third-order valence-corrected chi connectivity index (χ3v) is 5.86. The maximum atomic E-state index is 13.2. The van der Waals surface area contributed by atoms with Crippen LogP contribution in [0.4, 0.5) is 10.3 Å². The van der Waals surface area contributed by atoms with E-state index in [2.05, 4.69) is 10.3 Å². The molecule has 0 radical (unpaired) electrons. The van der Waals surface area contributed by atoms with E-state index in [0.717, 1.165) is 18.4 Å². The van der Waals surface area contributed by atoms with E-state index in [1.54, 1.807) is 24.3 Å². The summed E-state index contributed by atoms with van der Waals surface area (Å²) in [7, 11) is -3.84. The van der Waals surface area contributed by atoms with Crippen molar-refractivity contribution in [2.24, 2.45) is 0 Å². The van der Waals surface area contributed by atoms with Crippen LogP contribution in [0.25, 0.3) is 11.5 Å². The fourth-order valence-electron chi connectivity index (χ4n) is 2.54. The summed E-state index contributed by atoms with van der Waals surface area (Å²) in [4.78, 5) is 4.38. The topological polar surface area (TPSA) is 72.2 Å². The highest BCUT2D eigenvalue weighted by molar-refractivity contribution is 7.91. The van der Waals surface area contributed by atoms with Crippen LogP contribution in [0.2, 0.25) is 0 Å². The Bertz CT molecular complexity index is 1040. The van der Waals surface area contributed by atoms with Gasteiger partial charge in [0, 0.05) is 11.6 Å². The van der Waals surface area contributed by atoms with E-state index in [1.165, 1.54) is 24.3 Å². The van der Waals surface area contributed by atoms with Crippen LogP contribution < -0.4 is 5.32 Å². The highest BCUT2D eigenvalue weighted by Crippen LogP contribution is 2.35. The molecule has 0 spiro atoms. The molecule has 1 saturated carbocycles. The third-order valence-electron chi connectivity index (χ3n) is 4.19. The highest BCUT2D eigenvalue weighted by atomic mass is 32.2. The molecule has 2 aromatic carbocycles. The number of benzene rings is 2. The van der Waals surface area contributed by atoms with Crippen molar-refractivity contribution < 1.29 is 17.2 Å². The largest absolute Gasteiger partial charge is 0.419 e. The Labute approximate surface area is 150 Å². The second-order valence-corrected chi connectivity index (χ2v) is 8.26. The van der Waals surface area contributed by atoms with Gasteiger partial charge >= 0.3 is 0 Å². The van der Waals surface area contributed by atoms with Crippen LogP contribution in [0.3, 0.4) is 0 Å². The molecule has 7 heteroatoms. The van der Waals surface area contributed by atoms with Crippen LogP contribution in [0.5, 0.6) is 0 Å². The molecule has 0 saturated heterocycles. The van der Waals surface area contributed by atoms with Gasteiger partial charge < -0.3 is 9.73 Å². The molecule has 3 aromatic rings. The highest BCUT2D eigenvalue weighted by Gasteiger charge is 2.32. The van der Waals surface area contributed by atoms with Gasteiger partial charge in [0.15, 0.2) is 0 Å². The Morgan fingerprint density at radius 3 is 2.35 bits per heavy atom. The molecule has 1 fully saturated rings. The lowest BCUT2D eigenvalue weighted by molar-refractivity contribution is 0.576. The predicted octanol–water partition coefficient (Wildman–Crippen LogP) is 4.20. The smallest absolute Gasteiger partial charge is 0.234 e. The third kappa shape index (κ3) is 3.22. The maximum Gasteiger partial charge on any atom is 0.234 e. The van der Waals surface area contributed by atoms with E-state index in [9.17, 15) is 12.8 Å². The van der Waals surface area contributed by atoms with Gasteiger partial charge in [-0.15, -0.1) is 0 Å². The number of anilines is 1. The minimum atomic E-state index is -3.84. The second-order valence-electron chi connectivity index (χ2n) is 6.40. The molecule has 1 aromatic heterocycles. The minimum Gasteiger partial charge on any atom is -0.419 e. The molecule has 4 rings (SSSR count). The van der Waals surface area contributed by atoms with Crippen molar-refractivity contribution in [3.05, 3.63) is 59.9 Å². The number of nitrogens with one attached hydrogen (secondary N) is 1. The zero-order chi connectivity index (χ0) is 18.3. The predicted molar refractivity (Wildman–Crippen MR) is 95.2 cm³/mol. The van der Waals surface area contributed by atoms with Crippen molar-refractivity contribution >= 4 is 15.7 Å². The van der Waals surface area contributed by atoms with Crippen LogP contribution in [-0.4, -0.2) is 19.4 Å². The quantitative estimate of drug-likeness (QED) is 0.727. The van der Waals surface area contributed by atoms with Crippen molar-refractivity contribution in [2.45, 2.75) is 35.7 Å². The normalized spacial score (nSPS) is 14.4. The van der Waals surface area contributed by atoms with Gasteiger partial charge in [-0.2, -0.15) is 4.98 Å². The van der Waals surface area contributed by atoms with Crippen LogP contribution in [0, 0.1) is 12.7 Å². The Balaban J connectivity index is 1.80. The lowest BCUT2D eigenvalue weighted by Gasteiger charge is -2.05. The van der Waals surface area contributed by atoms with Gasteiger partial charge in [-0.1, -0.05) is 17.7 Å². The lowest BCUT2D eigenvalue weighted by Crippen LogP contribution is -2.08. The van der Waals surface area contributed by atoms with E-state index in [4.69, 9.17) is 4.42 Å². The summed E-state index contributed by atoms with van der Waals surface area (Å²) in [6.45, 7) is 1.89. The Morgan fingerprint density at radius 2 is 1.73 bits per heavy atom. The van der Waals surface area contributed by atoms with Gasteiger partial charge in [-0.3, -0.25) is 0 Å². The molecule has 0 bridgehead atoms. The van der Waals surface area contributed by atoms with Crippen molar-refractivity contribution in [1.29, 1.82) is 0 Å². The number of oxazole rings is 1. The fraction of sp³-hybridized carbons (Fsp3) is 0.211. The number of halogens is 1. The summed E-state index contributed by atoms with van der Waals surface area (Å²) in [5.41, 5.74) is 1.48. The number of sulfone groups is 1. The molecule has 5 nitrogen and oxygen atoms in total. The van der Waals surface area contributed by atoms with Crippen LogP contribution in [0.15, 0.2) is 62.9 Å². The molecule has 1 N–H and O–H groups in total. The summed E-state index contributed by atoms with van der Waals surface area (Å²) in [5, 5.41) is 2.95. The minimum absolute atomic E-state index is 0.132. The first-order chi connectivity index (χ1) is 12.4. The molecule has 0 aliphatic heterocycles. The van der Waals surface area contributed by atoms with Crippen molar-refractivity contribution in [3.63, 3.8) is 0 Å². The molecule has 1 heterocycles. The Hall–Kier alpha value is -2.67. The zero-order valence-electron chi connectivity index (χ0n) is 14.1. The molecule has 26 heavy (non-hydrogen) atoms. The zero-order valence-corrected chi connectivity index (χ0v) is 14.9. The molecule has 0 amide bonds. The second kappa shape index (κ2) is 6.25. The van der Waals surface area contributed by atoms with Crippen molar-refractivity contribution in [2.75, 3.05) is 5.32 Å².